The minimum absolute atomic E-state index is 0.0668. The Hall–Kier alpha value is -2.54. The summed E-state index contributed by atoms with van der Waals surface area (Å²) in [6.07, 6.45) is -1.36. The van der Waals surface area contributed by atoms with Crippen LogP contribution in [0.4, 0.5) is 0 Å². The first-order valence-corrected chi connectivity index (χ1v) is 10.1. The molecule has 0 saturated carbocycles. The van der Waals surface area contributed by atoms with Crippen molar-refractivity contribution in [1.82, 2.24) is 4.90 Å². The second-order valence-corrected chi connectivity index (χ2v) is 7.71. The first-order chi connectivity index (χ1) is 14.3. The molecule has 2 N–H and O–H groups in total. The molecule has 30 heavy (non-hydrogen) atoms. The van der Waals surface area contributed by atoms with E-state index in [1.807, 2.05) is 0 Å². The van der Waals surface area contributed by atoms with E-state index >= 15 is 0 Å². The van der Waals surface area contributed by atoms with Crippen LogP contribution in [0, 0.1) is 5.92 Å². The molecular weight excluding hydrogens is 429 g/mol. The maximum absolute atomic E-state index is 12.7. The van der Waals surface area contributed by atoms with Gasteiger partial charge in [0, 0.05) is 17.0 Å². The summed E-state index contributed by atoms with van der Waals surface area (Å²) in [5, 5.41) is 23.0. The second kappa shape index (κ2) is 9.08. The number of benzene rings is 2. The fourth-order valence-electron chi connectivity index (χ4n) is 3.65. The highest BCUT2D eigenvalue weighted by Crippen LogP contribution is 2.47. The second-order valence-electron chi connectivity index (χ2n) is 6.84. The van der Waals surface area contributed by atoms with Crippen molar-refractivity contribution in [1.29, 1.82) is 0 Å². The predicted octanol–water partition coefficient (Wildman–Crippen LogP) is 4.58. The van der Waals surface area contributed by atoms with Crippen LogP contribution in [0.2, 0.25) is 10.0 Å². The minimum Gasteiger partial charge on any atom is -0.509 e. The number of carbonyl (C=O) groups excluding carboxylic acids is 2. The largest absolute Gasteiger partial charge is 0.509 e. The van der Waals surface area contributed by atoms with Crippen molar-refractivity contribution in [3.05, 3.63) is 81.2 Å². The van der Waals surface area contributed by atoms with Gasteiger partial charge in [0.25, 0.3) is 0 Å². The number of nitrogens with zero attached hydrogens (tertiary/aromatic N) is 1. The quantitative estimate of drug-likeness (QED) is 0.652. The highest BCUT2D eigenvalue weighted by Gasteiger charge is 2.50. The van der Waals surface area contributed by atoms with Gasteiger partial charge in [0.15, 0.2) is 0 Å². The standard InChI is InChI=1S/C22H21Cl2NO5/c1-3-30-22(29)17-18(13-4-8-15(23)9-5-13)25(12(2)26)19(21(17)28)20(27)14-6-10-16(24)11-7-14/h4-11,17-18,20,27-28H,3H2,1-2H3. The molecule has 3 atom stereocenters. The van der Waals surface area contributed by atoms with Crippen LogP contribution in [0.3, 0.4) is 0 Å². The number of amides is 1. The Morgan fingerprint density at radius 1 is 1.07 bits per heavy atom. The zero-order valence-corrected chi connectivity index (χ0v) is 17.9. The molecule has 1 heterocycles. The molecule has 0 saturated heterocycles. The molecule has 3 unspecified atom stereocenters. The summed E-state index contributed by atoms with van der Waals surface area (Å²) < 4.78 is 5.15. The summed E-state index contributed by atoms with van der Waals surface area (Å²) in [5.41, 5.74) is 0.909. The summed E-state index contributed by atoms with van der Waals surface area (Å²) in [4.78, 5) is 26.6. The van der Waals surface area contributed by atoms with E-state index in [1.54, 1.807) is 55.5 Å². The van der Waals surface area contributed by atoms with Crippen molar-refractivity contribution in [3.63, 3.8) is 0 Å². The Bertz CT molecular complexity index is 972. The molecule has 0 radical (unpaired) electrons. The zero-order valence-electron chi connectivity index (χ0n) is 16.4. The fourth-order valence-corrected chi connectivity index (χ4v) is 3.90. The Morgan fingerprint density at radius 2 is 1.60 bits per heavy atom. The molecule has 0 fully saturated rings. The molecule has 0 aromatic heterocycles. The smallest absolute Gasteiger partial charge is 0.319 e. The van der Waals surface area contributed by atoms with Gasteiger partial charge in [-0.15, -0.1) is 0 Å². The van der Waals surface area contributed by atoms with Crippen LogP contribution in [0.15, 0.2) is 60.0 Å². The molecule has 0 bridgehead atoms. The molecule has 1 amide bonds. The molecule has 158 valence electrons. The number of aliphatic hydroxyl groups excluding tert-OH is 2. The number of aliphatic hydroxyl groups is 2. The van der Waals surface area contributed by atoms with E-state index in [0.29, 0.717) is 21.2 Å². The lowest BCUT2D eigenvalue weighted by atomic mass is 9.93. The van der Waals surface area contributed by atoms with E-state index in [4.69, 9.17) is 27.9 Å². The molecular formula is C22H21Cl2NO5. The van der Waals surface area contributed by atoms with Crippen molar-refractivity contribution in [3.8, 4) is 0 Å². The van der Waals surface area contributed by atoms with Crippen LogP contribution in [-0.2, 0) is 14.3 Å². The van der Waals surface area contributed by atoms with E-state index in [1.165, 1.54) is 11.8 Å². The lowest BCUT2D eigenvalue weighted by molar-refractivity contribution is -0.149. The fraction of sp³-hybridized carbons (Fsp3) is 0.273. The van der Waals surface area contributed by atoms with Crippen molar-refractivity contribution < 1.29 is 24.5 Å². The summed E-state index contributed by atoms with van der Waals surface area (Å²) in [6, 6.07) is 12.0. The van der Waals surface area contributed by atoms with Gasteiger partial charge in [-0.3, -0.25) is 9.59 Å². The topological polar surface area (TPSA) is 87.1 Å². The van der Waals surface area contributed by atoms with Gasteiger partial charge in [0.1, 0.15) is 17.8 Å². The van der Waals surface area contributed by atoms with Crippen LogP contribution < -0.4 is 0 Å². The summed E-state index contributed by atoms with van der Waals surface area (Å²) in [6.45, 7) is 3.06. The van der Waals surface area contributed by atoms with Crippen molar-refractivity contribution >= 4 is 35.1 Å². The lowest BCUT2D eigenvalue weighted by Gasteiger charge is -2.30. The normalized spacial score (nSPS) is 19.7. The number of hydrogen-bond acceptors (Lipinski definition) is 5. The molecule has 8 heteroatoms. The van der Waals surface area contributed by atoms with Gasteiger partial charge in [-0.1, -0.05) is 47.5 Å². The summed E-state index contributed by atoms with van der Waals surface area (Å²) >= 11 is 11.9. The first kappa shape index (κ1) is 22.2. The molecule has 2 aromatic rings. The summed E-state index contributed by atoms with van der Waals surface area (Å²) in [7, 11) is 0. The minimum atomic E-state index is -1.36. The van der Waals surface area contributed by atoms with Crippen LogP contribution in [-0.4, -0.2) is 33.6 Å². The van der Waals surface area contributed by atoms with Crippen molar-refractivity contribution in [2.75, 3.05) is 6.61 Å². The van der Waals surface area contributed by atoms with E-state index in [-0.39, 0.29) is 12.3 Å². The van der Waals surface area contributed by atoms with Gasteiger partial charge < -0.3 is 19.8 Å². The first-order valence-electron chi connectivity index (χ1n) is 9.34. The average molecular weight is 450 g/mol. The van der Waals surface area contributed by atoms with Gasteiger partial charge >= 0.3 is 5.97 Å². The van der Waals surface area contributed by atoms with Gasteiger partial charge in [-0.05, 0) is 42.3 Å². The number of hydrogen-bond donors (Lipinski definition) is 2. The summed E-state index contributed by atoms with van der Waals surface area (Å²) in [5.74, 6) is -2.74. The van der Waals surface area contributed by atoms with Gasteiger partial charge in [0.2, 0.25) is 5.91 Å². The third kappa shape index (κ3) is 4.17. The maximum atomic E-state index is 12.7. The maximum Gasteiger partial charge on any atom is 0.319 e. The van der Waals surface area contributed by atoms with Crippen LogP contribution in [0.1, 0.15) is 37.1 Å². The third-order valence-corrected chi connectivity index (χ3v) is 5.45. The van der Waals surface area contributed by atoms with Gasteiger partial charge in [0.05, 0.1) is 18.3 Å². The van der Waals surface area contributed by atoms with Crippen LogP contribution in [0.5, 0.6) is 0 Å². The Kier molecular flexibility index (Phi) is 6.71. The van der Waals surface area contributed by atoms with Crippen LogP contribution in [0.25, 0.3) is 0 Å². The molecule has 1 aliphatic heterocycles. The Balaban J connectivity index is 2.15. The number of ether oxygens (including phenoxy) is 1. The van der Waals surface area contributed by atoms with Gasteiger partial charge in [-0.25, -0.2) is 0 Å². The van der Waals surface area contributed by atoms with E-state index < -0.39 is 35.7 Å². The Labute approximate surface area is 184 Å². The molecule has 6 nitrogen and oxygen atoms in total. The number of halogens is 2. The monoisotopic (exact) mass is 449 g/mol. The predicted molar refractivity (Wildman–Crippen MR) is 113 cm³/mol. The number of esters is 1. The van der Waals surface area contributed by atoms with Gasteiger partial charge in [-0.2, -0.15) is 0 Å². The van der Waals surface area contributed by atoms with E-state index in [2.05, 4.69) is 0 Å². The highest BCUT2D eigenvalue weighted by molar-refractivity contribution is 6.30. The third-order valence-electron chi connectivity index (χ3n) is 4.95. The molecule has 0 spiro atoms. The van der Waals surface area contributed by atoms with Crippen molar-refractivity contribution in [2.45, 2.75) is 26.0 Å². The Morgan fingerprint density at radius 3 is 2.10 bits per heavy atom. The van der Waals surface area contributed by atoms with E-state index in [0.717, 1.165) is 0 Å². The number of rotatable bonds is 5. The van der Waals surface area contributed by atoms with Crippen molar-refractivity contribution in [2.24, 2.45) is 5.92 Å². The number of carbonyl (C=O) groups is 2. The molecule has 0 aliphatic carbocycles. The highest BCUT2D eigenvalue weighted by atomic mass is 35.5. The average Bonchev–Trinajstić information content (AvgIpc) is 3.02. The van der Waals surface area contributed by atoms with E-state index in [9.17, 15) is 19.8 Å². The molecule has 3 rings (SSSR count). The van der Waals surface area contributed by atoms with Crippen LogP contribution >= 0.6 is 23.2 Å². The molecule has 1 aliphatic rings. The SMILES string of the molecule is CCOC(=O)C1C(O)=C(C(O)c2ccc(Cl)cc2)N(C(C)=O)C1c1ccc(Cl)cc1. The molecule has 2 aromatic carbocycles. The zero-order chi connectivity index (χ0) is 22.0. The lowest BCUT2D eigenvalue weighted by Crippen LogP contribution is -2.35.